The third-order valence-electron chi connectivity index (χ3n) is 6.78. The molecule has 3 aromatic rings. The van der Waals surface area contributed by atoms with Gasteiger partial charge in [0.1, 0.15) is 0 Å². The number of hydrogen-bond acceptors (Lipinski definition) is 6. The van der Waals surface area contributed by atoms with Crippen LogP contribution < -0.4 is 5.56 Å². The lowest BCUT2D eigenvalue weighted by Crippen LogP contribution is -2.37. The molecule has 1 aromatic carbocycles. The molecule has 0 radical (unpaired) electrons. The summed E-state index contributed by atoms with van der Waals surface area (Å²) in [5.41, 5.74) is 2.64. The third kappa shape index (κ3) is 5.33. The van der Waals surface area contributed by atoms with E-state index in [-0.39, 0.29) is 24.1 Å². The molecule has 1 aliphatic carbocycles. The summed E-state index contributed by atoms with van der Waals surface area (Å²) >= 11 is 0. The number of rotatable bonds is 9. The van der Waals surface area contributed by atoms with E-state index in [2.05, 4.69) is 52.2 Å². The highest BCUT2D eigenvalue weighted by Gasteiger charge is 2.32. The highest BCUT2D eigenvalue weighted by Crippen LogP contribution is 2.34. The van der Waals surface area contributed by atoms with Gasteiger partial charge in [0.25, 0.3) is 5.56 Å². The predicted molar refractivity (Wildman–Crippen MR) is 129 cm³/mol. The number of fused-ring (bicyclic) bond motifs is 1. The van der Waals surface area contributed by atoms with Crippen molar-refractivity contribution < 1.29 is 5.11 Å². The van der Waals surface area contributed by atoms with Gasteiger partial charge in [0, 0.05) is 30.8 Å². The molecule has 2 heterocycles. The quantitative estimate of drug-likeness (QED) is 0.511. The van der Waals surface area contributed by atoms with Crippen molar-refractivity contribution in [2.24, 2.45) is 5.92 Å². The number of hydrogen-bond donors (Lipinski definition) is 2. The number of aliphatic hydroxyl groups is 1. The molecule has 33 heavy (non-hydrogen) atoms. The maximum Gasteiger partial charge on any atom is 0.252 e. The predicted octanol–water partition coefficient (Wildman–Crippen LogP) is 3.91. The fourth-order valence-corrected chi connectivity index (χ4v) is 5.16. The molecule has 0 bridgehead atoms. The van der Waals surface area contributed by atoms with Gasteiger partial charge in [0.05, 0.1) is 12.1 Å². The summed E-state index contributed by atoms with van der Waals surface area (Å²) in [4.78, 5) is 18.2. The lowest BCUT2D eigenvalue weighted by atomic mass is 9.94. The molecule has 1 aliphatic rings. The number of pyridine rings is 1. The van der Waals surface area contributed by atoms with E-state index in [1.807, 2.05) is 22.9 Å². The van der Waals surface area contributed by atoms with Crippen LogP contribution in [0.5, 0.6) is 0 Å². The number of tetrazole rings is 1. The van der Waals surface area contributed by atoms with Crippen LogP contribution in [0.3, 0.4) is 0 Å². The largest absolute Gasteiger partial charge is 0.396 e. The zero-order valence-corrected chi connectivity index (χ0v) is 20.0. The topological polar surface area (TPSA) is 99.9 Å². The van der Waals surface area contributed by atoms with Crippen molar-refractivity contribution in [2.75, 3.05) is 13.2 Å². The van der Waals surface area contributed by atoms with Crippen molar-refractivity contribution in [3.8, 4) is 0 Å². The Morgan fingerprint density at radius 1 is 1.21 bits per heavy atom. The average Bonchev–Trinajstić information content (AvgIpc) is 3.27. The van der Waals surface area contributed by atoms with Gasteiger partial charge in [-0.25, -0.2) is 4.68 Å². The number of aromatic amines is 1. The first-order valence-corrected chi connectivity index (χ1v) is 12.2. The van der Waals surface area contributed by atoms with Crippen LogP contribution in [0.4, 0.5) is 0 Å². The number of aliphatic hydroxyl groups excluding tert-OH is 1. The zero-order chi connectivity index (χ0) is 23.4. The molecule has 2 aromatic heterocycles. The van der Waals surface area contributed by atoms with Crippen molar-refractivity contribution in [1.82, 2.24) is 30.1 Å². The van der Waals surface area contributed by atoms with E-state index in [0.29, 0.717) is 31.1 Å². The molecule has 4 rings (SSSR count). The summed E-state index contributed by atoms with van der Waals surface area (Å²) in [6, 6.07) is 8.32. The Kier molecular flexibility index (Phi) is 7.55. The van der Waals surface area contributed by atoms with E-state index in [0.717, 1.165) is 35.1 Å². The minimum atomic E-state index is -0.0743. The third-order valence-corrected chi connectivity index (χ3v) is 6.78. The fraction of sp³-hybridized carbons (Fsp3) is 0.600. The second kappa shape index (κ2) is 10.6. The molecule has 178 valence electrons. The molecule has 1 atom stereocenters. The fourth-order valence-electron chi connectivity index (χ4n) is 5.16. The van der Waals surface area contributed by atoms with E-state index >= 15 is 0 Å². The summed E-state index contributed by atoms with van der Waals surface area (Å²) in [5, 5.41) is 23.5. The summed E-state index contributed by atoms with van der Waals surface area (Å²) < 4.78 is 2.03. The Bertz CT molecular complexity index is 1120. The van der Waals surface area contributed by atoms with Gasteiger partial charge in [-0.1, -0.05) is 44.7 Å². The van der Waals surface area contributed by atoms with Crippen molar-refractivity contribution in [3.05, 3.63) is 51.6 Å². The average molecular weight is 453 g/mol. The second-order valence-electron chi connectivity index (χ2n) is 9.72. The lowest BCUT2D eigenvalue weighted by molar-refractivity contribution is 0.118. The Morgan fingerprint density at radius 3 is 2.73 bits per heavy atom. The molecule has 1 saturated carbocycles. The summed E-state index contributed by atoms with van der Waals surface area (Å²) in [7, 11) is 0. The van der Waals surface area contributed by atoms with Crippen molar-refractivity contribution in [1.29, 1.82) is 0 Å². The lowest BCUT2D eigenvalue weighted by Gasteiger charge is -2.34. The van der Waals surface area contributed by atoms with Gasteiger partial charge in [-0.05, 0) is 66.1 Å². The minimum absolute atomic E-state index is 0.0546. The number of nitrogens with zero attached hydrogens (tertiary/aromatic N) is 5. The van der Waals surface area contributed by atoms with Gasteiger partial charge < -0.3 is 10.1 Å². The Labute approximate surface area is 195 Å². The summed E-state index contributed by atoms with van der Waals surface area (Å²) in [6.45, 7) is 7.62. The van der Waals surface area contributed by atoms with Crippen LogP contribution >= 0.6 is 0 Å². The number of aromatic nitrogens is 5. The van der Waals surface area contributed by atoms with E-state index in [1.165, 1.54) is 19.3 Å². The van der Waals surface area contributed by atoms with Gasteiger partial charge in [-0.3, -0.25) is 9.69 Å². The molecule has 2 N–H and O–H groups in total. The van der Waals surface area contributed by atoms with Crippen LogP contribution in [0.25, 0.3) is 10.9 Å². The van der Waals surface area contributed by atoms with E-state index in [1.54, 1.807) is 0 Å². The van der Waals surface area contributed by atoms with Gasteiger partial charge in [0.2, 0.25) is 0 Å². The highest BCUT2D eigenvalue weighted by atomic mass is 16.3. The smallest absolute Gasteiger partial charge is 0.252 e. The SMILES string of the molecule is Cc1ccc2[nH]c(=O)c(CN(CCCO)[C@@H](c3nnnn3C3CCCCC3)C(C)C)cc2c1. The number of benzene rings is 1. The van der Waals surface area contributed by atoms with Gasteiger partial charge in [-0.15, -0.1) is 5.10 Å². The Hall–Kier alpha value is -2.58. The van der Waals surface area contributed by atoms with Crippen molar-refractivity contribution >= 4 is 10.9 Å². The van der Waals surface area contributed by atoms with Crippen LogP contribution in [0.15, 0.2) is 29.1 Å². The highest BCUT2D eigenvalue weighted by molar-refractivity contribution is 5.79. The standard InChI is InChI=1S/C25H36N6O2/c1-17(2)23(24-27-28-29-31(24)21-8-5-4-6-9-21)30(12-7-13-32)16-20-15-19-14-18(3)10-11-22(19)26-25(20)33/h10-11,14-15,17,21,23,32H,4-9,12-13,16H2,1-3H3,(H,26,33)/t23-/m1/s1. The molecule has 8 nitrogen and oxygen atoms in total. The molecule has 0 unspecified atom stereocenters. The molecule has 0 spiro atoms. The summed E-state index contributed by atoms with van der Waals surface area (Å²) in [6.07, 6.45) is 6.51. The van der Waals surface area contributed by atoms with Crippen LogP contribution in [-0.2, 0) is 6.54 Å². The molecule has 0 amide bonds. The van der Waals surface area contributed by atoms with Crippen molar-refractivity contribution in [2.45, 2.75) is 77.9 Å². The van der Waals surface area contributed by atoms with Crippen molar-refractivity contribution in [3.63, 3.8) is 0 Å². The van der Waals surface area contributed by atoms with E-state index in [4.69, 9.17) is 0 Å². The van der Waals surface area contributed by atoms with Gasteiger partial charge >= 0.3 is 0 Å². The number of H-pyrrole nitrogens is 1. The van der Waals surface area contributed by atoms with E-state index in [9.17, 15) is 9.90 Å². The van der Waals surface area contributed by atoms with Crippen LogP contribution in [0.1, 0.15) is 81.4 Å². The van der Waals surface area contributed by atoms with Crippen LogP contribution in [0.2, 0.25) is 0 Å². The molecular formula is C25H36N6O2. The molecule has 0 aliphatic heterocycles. The molecule has 1 fully saturated rings. The minimum Gasteiger partial charge on any atom is -0.396 e. The summed E-state index contributed by atoms with van der Waals surface area (Å²) in [5.74, 6) is 1.10. The van der Waals surface area contributed by atoms with Crippen LogP contribution in [0, 0.1) is 12.8 Å². The van der Waals surface area contributed by atoms with E-state index < -0.39 is 0 Å². The first-order chi connectivity index (χ1) is 16.0. The maximum absolute atomic E-state index is 12.9. The molecule has 8 heteroatoms. The first kappa shape index (κ1) is 23.6. The Morgan fingerprint density at radius 2 is 2.00 bits per heavy atom. The van der Waals surface area contributed by atoms with Gasteiger partial charge in [0.15, 0.2) is 5.82 Å². The maximum atomic E-state index is 12.9. The first-order valence-electron chi connectivity index (χ1n) is 12.2. The second-order valence-corrected chi connectivity index (χ2v) is 9.72. The van der Waals surface area contributed by atoms with Crippen LogP contribution in [-0.4, -0.2) is 48.3 Å². The molecular weight excluding hydrogens is 416 g/mol. The zero-order valence-electron chi connectivity index (χ0n) is 20.0. The normalized spacial score (nSPS) is 16.2. The molecule has 0 saturated heterocycles. The number of aryl methyl sites for hydroxylation is 1. The Balaban J connectivity index is 1.70. The number of nitrogens with one attached hydrogen (secondary N) is 1. The van der Waals surface area contributed by atoms with Gasteiger partial charge in [-0.2, -0.15) is 0 Å². The monoisotopic (exact) mass is 452 g/mol.